The topological polar surface area (TPSA) is 31.7 Å². The fourth-order valence-electron chi connectivity index (χ4n) is 4.63. The molecule has 3 aliphatic rings. The summed E-state index contributed by atoms with van der Waals surface area (Å²) in [7, 11) is 0. The van der Waals surface area contributed by atoms with Crippen LogP contribution in [0.1, 0.15) is 49.5 Å². The summed E-state index contributed by atoms with van der Waals surface area (Å²) in [5, 5.41) is 2.01. The van der Waals surface area contributed by atoms with Crippen molar-refractivity contribution in [2.75, 3.05) is 23.7 Å². The lowest BCUT2D eigenvalue weighted by atomic mass is 9.95. The number of amidine groups is 1. The van der Waals surface area contributed by atoms with Crippen LogP contribution in [0.5, 0.6) is 0 Å². The smallest absolute Gasteiger partial charge is 0.160 e. The third-order valence-electron chi connectivity index (χ3n) is 6.09. The summed E-state index contributed by atoms with van der Waals surface area (Å²) in [6, 6.07) is 13.4. The lowest BCUT2D eigenvalue weighted by Gasteiger charge is -2.32. The van der Waals surface area contributed by atoms with Crippen molar-refractivity contribution in [3.63, 3.8) is 0 Å². The maximum atomic E-state index is 6.78. The van der Waals surface area contributed by atoms with Crippen LogP contribution in [0.25, 0.3) is 0 Å². The Morgan fingerprint density at radius 3 is 2.75 bits per heavy atom. The highest BCUT2D eigenvalue weighted by Crippen LogP contribution is 2.49. The number of anilines is 1. The van der Waals surface area contributed by atoms with Crippen LogP contribution in [0.4, 0.5) is 5.69 Å². The van der Waals surface area contributed by atoms with E-state index in [4.69, 9.17) is 16.6 Å². The number of benzene rings is 1. The fraction of sp³-hybridized carbons (Fsp3) is 0.455. The van der Waals surface area contributed by atoms with E-state index >= 15 is 0 Å². The van der Waals surface area contributed by atoms with Gasteiger partial charge in [0.15, 0.2) is 5.17 Å². The highest BCUT2D eigenvalue weighted by molar-refractivity contribution is 8.14. The Hall–Kier alpha value is -1.72. The molecule has 3 atom stereocenters. The summed E-state index contributed by atoms with van der Waals surface area (Å²) in [4.78, 5) is 14.7. The molecule has 4 nitrogen and oxygen atoms in total. The van der Waals surface area contributed by atoms with Crippen LogP contribution < -0.4 is 4.90 Å². The molecule has 0 bridgehead atoms. The summed E-state index contributed by atoms with van der Waals surface area (Å²) in [5.41, 5.74) is 3.44. The molecule has 2 aromatic rings. The molecular formula is C22H25ClN4S. The predicted octanol–water partition coefficient (Wildman–Crippen LogP) is 5.31. The van der Waals surface area contributed by atoms with Crippen LogP contribution in [-0.2, 0) is 0 Å². The van der Waals surface area contributed by atoms with Crippen molar-refractivity contribution in [3.8, 4) is 0 Å². The molecule has 0 spiro atoms. The molecule has 2 saturated heterocycles. The van der Waals surface area contributed by atoms with E-state index in [1.807, 2.05) is 24.0 Å². The van der Waals surface area contributed by atoms with Gasteiger partial charge >= 0.3 is 0 Å². The van der Waals surface area contributed by atoms with Gasteiger partial charge in [-0.25, -0.2) is 0 Å². The van der Waals surface area contributed by atoms with Crippen molar-refractivity contribution >= 4 is 34.2 Å². The standard InChI is InChI=1S/C22H25ClN4S/c1-2-16-14-28-22-25-20(18-7-3-4-10-24-18)21(27(16)22)15-8-9-19(17(23)13-15)26-11-5-6-12-26/h3-4,7-10,13,16,20-21H,2,5-6,11-12,14H2,1H3. The van der Waals surface area contributed by atoms with E-state index in [2.05, 4.69) is 52.0 Å². The van der Waals surface area contributed by atoms with Crippen molar-refractivity contribution in [2.24, 2.45) is 4.99 Å². The Balaban J connectivity index is 1.54. The molecule has 0 N–H and O–H groups in total. The number of pyridine rings is 1. The predicted molar refractivity (Wildman–Crippen MR) is 118 cm³/mol. The second-order valence-corrected chi connectivity index (χ2v) is 9.14. The Bertz CT molecular complexity index is 881. The molecule has 4 heterocycles. The number of rotatable bonds is 4. The van der Waals surface area contributed by atoms with Gasteiger partial charge in [-0.3, -0.25) is 9.98 Å². The number of hydrogen-bond donors (Lipinski definition) is 0. The number of thioether (sulfide) groups is 1. The van der Waals surface area contributed by atoms with Crippen LogP contribution >= 0.6 is 23.4 Å². The van der Waals surface area contributed by atoms with Crippen LogP contribution in [0.3, 0.4) is 0 Å². The number of nitrogens with zero attached hydrogens (tertiary/aromatic N) is 4. The van der Waals surface area contributed by atoms with Crippen LogP contribution in [-0.4, -0.2) is 39.9 Å². The number of halogens is 1. The third kappa shape index (κ3) is 3.09. The van der Waals surface area contributed by atoms with Crippen molar-refractivity contribution in [1.82, 2.24) is 9.88 Å². The zero-order valence-corrected chi connectivity index (χ0v) is 17.7. The second kappa shape index (κ2) is 7.60. The van der Waals surface area contributed by atoms with Crippen LogP contribution in [0, 0.1) is 0 Å². The maximum absolute atomic E-state index is 6.78. The van der Waals surface area contributed by atoms with E-state index in [1.54, 1.807) is 0 Å². The lowest BCUT2D eigenvalue weighted by molar-refractivity contribution is 0.255. The molecule has 2 fully saturated rings. The molecule has 3 unspecified atom stereocenters. The normalized spacial score (nSPS) is 26.6. The van der Waals surface area contributed by atoms with Gasteiger partial charge in [0.1, 0.15) is 6.04 Å². The summed E-state index contributed by atoms with van der Waals surface area (Å²) in [6.07, 6.45) is 5.49. The number of hydrogen-bond acceptors (Lipinski definition) is 5. The average Bonchev–Trinajstić information content (AvgIpc) is 3.45. The zero-order valence-electron chi connectivity index (χ0n) is 16.1. The molecule has 146 valence electrons. The lowest BCUT2D eigenvalue weighted by Crippen LogP contribution is -2.35. The monoisotopic (exact) mass is 412 g/mol. The summed E-state index contributed by atoms with van der Waals surface area (Å²) >= 11 is 8.65. The Morgan fingerprint density at radius 1 is 1.18 bits per heavy atom. The van der Waals surface area contributed by atoms with Crippen molar-refractivity contribution in [1.29, 1.82) is 0 Å². The zero-order chi connectivity index (χ0) is 19.1. The van der Waals surface area contributed by atoms with Crippen molar-refractivity contribution in [2.45, 2.75) is 44.3 Å². The first kappa shape index (κ1) is 18.3. The van der Waals surface area contributed by atoms with E-state index in [-0.39, 0.29) is 12.1 Å². The van der Waals surface area contributed by atoms with Gasteiger partial charge in [-0.05, 0) is 49.1 Å². The molecular weight excluding hydrogens is 388 g/mol. The molecule has 0 aliphatic carbocycles. The van der Waals surface area contributed by atoms with Gasteiger partial charge in [-0.15, -0.1) is 0 Å². The Labute approximate surface area is 176 Å². The molecule has 3 aliphatic heterocycles. The van der Waals surface area contributed by atoms with Gasteiger partial charge in [0.05, 0.1) is 22.4 Å². The molecule has 28 heavy (non-hydrogen) atoms. The molecule has 1 aromatic heterocycles. The van der Waals surface area contributed by atoms with Gasteiger partial charge in [-0.2, -0.15) is 0 Å². The highest BCUT2D eigenvalue weighted by Gasteiger charge is 2.45. The maximum Gasteiger partial charge on any atom is 0.160 e. The van der Waals surface area contributed by atoms with E-state index in [1.165, 1.54) is 24.1 Å². The number of aromatic nitrogens is 1. The molecule has 6 heteroatoms. The molecule has 0 radical (unpaired) electrons. The molecule has 0 amide bonds. The third-order valence-corrected chi connectivity index (χ3v) is 7.52. The van der Waals surface area contributed by atoms with Gasteiger partial charge in [0.2, 0.25) is 0 Å². The van der Waals surface area contributed by atoms with Gasteiger partial charge in [0, 0.05) is 31.1 Å². The Kier molecular flexibility index (Phi) is 4.97. The summed E-state index contributed by atoms with van der Waals surface area (Å²) in [5.74, 6) is 1.11. The minimum Gasteiger partial charge on any atom is -0.370 e. The largest absolute Gasteiger partial charge is 0.370 e. The molecule has 1 aromatic carbocycles. The van der Waals surface area contributed by atoms with Crippen molar-refractivity contribution < 1.29 is 0 Å². The minimum absolute atomic E-state index is 0.0201. The highest BCUT2D eigenvalue weighted by atomic mass is 35.5. The van der Waals surface area contributed by atoms with Crippen LogP contribution in [0.15, 0.2) is 47.6 Å². The molecule has 5 rings (SSSR count). The Morgan fingerprint density at radius 2 is 2.04 bits per heavy atom. The summed E-state index contributed by atoms with van der Waals surface area (Å²) in [6.45, 7) is 4.47. The minimum atomic E-state index is 0.0201. The van der Waals surface area contributed by atoms with Gasteiger partial charge in [-0.1, -0.05) is 42.4 Å². The summed E-state index contributed by atoms with van der Waals surface area (Å²) < 4.78 is 0. The van der Waals surface area contributed by atoms with Gasteiger partial charge in [0.25, 0.3) is 0 Å². The van der Waals surface area contributed by atoms with Crippen LogP contribution in [0.2, 0.25) is 5.02 Å². The van der Waals surface area contributed by atoms with Gasteiger partial charge < -0.3 is 9.80 Å². The first-order valence-electron chi connectivity index (χ1n) is 10.2. The van der Waals surface area contributed by atoms with E-state index in [0.717, 1.165) is 41.1 Å². The van der Waals surface area contributed by atoms with Crippen molar-refractivity contribution in [3.05, 3.63) is 58.9 Å². The average molecular weight is 413 g/mol. The quantitative estimate of drug-likeness (QED) is 0.680. The number of aliphatic imine (C=N–C) groups is 1. The van der Waals surface area contributed by atoms with E-state index in [0.29, 0.717) is 6.04 Å². The molecule has 0 saturated carbocycles. The SMILES string of the molecule is CCC1CSC2=NC(c3ccccn3)C(c3ccc(N4CCCC4)c(Cl)c3)N21. The second-order valence-electron chi connectivity index (χ2n) is 7.74. The first-order valence-corrected chi connectivity index (χ1v) is 11.6. The fourth-order valence-corrected chi connectivity index (χ4v) is 6.28. The van der Waals surface area contributed by atoms with E-state index < -0.39 is 0 Å². The van der Waals surface area contributed by atoms with E-state index in [9.17, 15) is 0 Å². The number of fused-ring (bicyclic) bond motifs is 1. The first-order chi connectivity index (χ1) is 13.8.